The van der Waals surface area contributed by atoms with Crippen LogP contribution in [0.3, 0.4) is 0 Å². The van der Waals surface area contributed by atoms with E-state index in [9.17, 15) is 18.0 Å². The Hall–Kier alpha value is -2.13. The molecule has 0 unspecified atom stereocenters. The van der Waals surface area contributed by atoms with Gasteiger partial charge in [-0.05, 0) is 52.2 Å². The van der Waals surface area contributed by atoms with E-state index in [0.717, 1.165) is 0 Å². The highest BCUT2D eigenvalue weighted by Gasteiger charge is 2.41. The molecule has 2 heterocycles. The van der Waals surface area contributed by atoms with Crippen molar-refractivity contribution in [2.24, 2.45) is 0 Å². The Morgan fingerprint density at radius 3 is 2.64 bits per heavy atom. The van der Waals surface area contributed by atoms with Crippen molar-refractivity contribution in [3.8, 4) is 5.75 Å². The zero-order valence-corrected chi connectivity index (χ0v) is 17.5. The molecule has 0 aromatic heterocycles. The summed E-state index contributed by atoms with van der Waals surface area (Å²) in [5, 5.41) is 2.72. The number of anilines is 1. The van der Waals surface area contributed by atoms with E-state index in [1.807, 2.05) is 13.8 Å². The lowest BCUT2D eigenvalue weighted by Crippen LogP contribution is -2.47. The van der Waals surface area contributed by atoms with Crippen molar-refractivity contribution < 1.29 is 22.7 Å². The number of carbonyl (C=O) groups is 2. The van der Waals surface area contributed by atoms with Crippen LogP contribution in [0.4, 0.5) is 5.69 Å². The van der Waals surface area contributed by atoms with Gasteiger partial charge in [-0.2, -0.15) is 4.31 Å². The number of hydrogen-bond acceptors (Lipinski definition) is 5. The number of fused-ring (bicyclic) bond motifs is 1. The first kappa shape index (κ1) is 20.6. The van der Waals surface area contributed by atoms with Crippen LogP contribution in [-0.4, -0.2) is 61.2 Å². The van der Waals surface area contributed by atoms with Crippen molar-refractivity contribution in [2.75, 3.05) is 25.0 Å². The van der Waals surface area contributed by atoms with Crippen molar-refractivity contribution in [2.45, 2.75) is 57.6 Å². The Morgan fingerprint density at radius 2 is 2.00 bits per heavy atom. The molecule has 1 fully saturated rings. The number of likely N-dealkylation sites (N-methyl/N-ethyl adjacent to an activating group) is 1. The summed E-state index contributed by atoms with van der Waals surface area (Å²) in [6.07, 6.45) is 0.460. The van der Waals surface area contributed by atoms with Gasteiger partial charge in [-0.25, -0.2) is 8.42 Å². The van der Waals surface area contributed by atoms with Crippen LogP contribution in [0.25, 0.3) is 0 Å². The lowest BCUT2D eigenvalue weighted by atomic mass is 10.1. The highest BCUT2D eigenvalue weighted by molar-refractivity contribution is 7.89. The van der Waals surface area contributed by atoms with Gasteiger partial charge in [0, 0.05) is 25.7 Å². The maximum absolute atomic E-state index is 13.4. The topological polar surface area (TPSA) is 96.0 Å². The van der Waals surface area contributed by atoms with Crippen LogP contribution in [0, 0.1) is 6.92 Å². The number of nitrogens with zero attached hydrogens (tertiary/aromatic N) is 2. The molecule has 0 spiro atoms. The molecular formula is C19H27N3O5S. The van der Waals surface area contributed by atoms with E-state index in [2.05, 4.69) is 5.32 Å². The second kappa shape index (κ2) is 7.71. The summed E-state index contributed by atoms with van der Waals surface area (Å²) in [7, 11) is -3.88. The van der Waals surface area contributed by atoms with Gasteiger partial charge in [-0.1, -0.05) is 0 Å². The smallest absolute Gasteiger partial charge is 0.265 e. The molecule has 0 aliphatic carbocycles. The minimum atomic E-state index is -3.88. The number of sulfonamides is 1. The number of hydrogen-bond donors (Lipinski definition) is 1. The molecule has 154 valence electrons. The molecule has 1 N–H and O–H groups in total. The second-order valence-corrected chi connectivity index (χ2v) is 9.01. The number of rotatable bonds is 5. The van der Waals surface area contributed by atoms with Crippen molar-refractivity contribution in [1.82, 2.24) is 9.21 Å². The monoisotopic (exact) mass is 409 g/mol. The SMILES string of the molecule is CCN(CC)C(=O)[C@@H]1CCCN1S(=O)(=O)c1cc2c(cc1C)NC(=O)[C@@H](C)O2. The van der Waals surface area contributed by atoms with E-state index >= 15 is 0 Å². The third-order valence-electron chi connectivity index (χ3n) is 5.36. The minimum absolute atomic E-state index is 0.105. The van der Waals surface area contributed by atoms with Gasteiger partial charge in [0.15, 0.2) is 6.10 Å². The standard InChI is InChI=1S/C19H27N3O5S/c1-5-21(6-2)19(24)15-8-7-9-22(15)28(25,26)17-11-16-14(10-12(17)3)20-18(23)13(4)27-16/h10-11,13,15H,5-9H2,1-4H3,(H,20,23)/t13-,15+/m1/s1. The van der Waals surface area contributed by atoms with Gasteiger partial charge in [0.05, 0.1) is 10.6 Å². The Labute approximate surface area is 165 Å². The lowest BCUT2D eigenvalue weighted by molar-refractivity contribution is -0.134. The van der Waals surface area contributed by atoms with Gasteiger partial charge in [-0.3, -0.25) is 9.59 Å². The fourth-order valence-electron chi connectivity index (χ4n) is 3.77. The van der Waals surface area contributed by atoms with Crippen molar-refractivity contribution in [3.05, 3.63) is 17.7 Å². The van der Waals surface area contributed by atoms with Crippen LogP contribution in [0.1, 0.15) is 39.2 Å². The summed E-state index contributed by atoms with van der Waals surface area (Å²) in [6, 6.07) is 2.37. The van der Waals surface area contributed by atoms with Crippen LogP contribution in [-0.2, 0) is 19.6 Å². The fourth-order valence-corrected chi connectivity index (χ4v) is 5.64. The van der Waals surface area contributed by atoms with E-state index in [4.69, 9.17) is 4.74 Å². The number of carbonyl (C=O) groups excluding carboxylic acids is 2. The highest BCUT2D eigenvalue weighted by atomic mass is 32.2. The predicted molar refractivity (Wildman–Crippen MR) is 105 cm³/mol. The van der Waals surface area contributed by atoms with Gasteiger partial charge in [-0.15, -0.1) is 0 Å². The summed E-state index contributed by atoms with van der Waals surface area (Å²) in [5.74, 6) is -0.104. The first-order valence-corrected chi connectivity index (χ1v) is 11.1. The zero-order valence-electron chi connectivity index (χ0n) is 16.7. The molecule has 2 atom stereocenters. The van der Waals surface area contributed by atoms with E-state index < -0.39 is 22.2 Å². The third-order valence-corrected chi connectivity index (χ3v) is 7.41. The van der Waals surface area contributed by atoms with Crippen LogP contribution in [0.2, 0.25) is 0 Å². The molecule has 0 bridgehead atoms. The molecule has 1 saturated heterocycles. The maximum atomic E-state index is 13.4. The summed E-state index contributed by atoms with van der Waals surface area (Å²) in [4.78, 5) is 26.4. The number of benzene rings is 1. The first-order valence-electron chi connectivity index (χ1n) is 9.63. The van der Waals surface area contributed by atoms with Gasteiger partial charge in [0.2, 0.25) is 15.9 Å². The van der Waals surface area contributed by atoms with Crippen molar-refractivity contribution in [3.63, 3.8) is 0 Å². The molecule has 2 aliphatic heterocycles. The average molecular weight is 410 g/mol. The molecule has 1 aromatic carbocycles. The molecule has 9 heteroatoms. The lowest BCUT2D eigenvalue weighted by Gasteiger charge is -2.29. The zero-order chi connectivity index (χ0) is 20.6. The van der Waals surface area contributed by atoms with Crippen molar-refractivity contribution in [1.29, 1.82) is 0 Å². The first-order chi connectivity index (χ1) is 13.2. The predicted octanol–water partition coefficient (Wildman–Crippen LogP) is 1.74. The van der Waals surface area contributed by atoms with Crippen LogP contribution in [0.5, 0.6) is 5.75 Å². The summed E-state index contributed by atoms with van der Waals surface area (Å²) in [6.45, 7) is 8.45. The highest BCUT2D eigenvalue weighted by Crippen LogP contribution is 2.37. The quantitative estimate of drug-likeness (QED) is 0.799. The average Bonchev–Trinajstić information content (AvgIpc) is 3.14. The fraction of sp³-hybridized carbons (Fsp3) is 0.579. The Bertz CT molecular complexity index is 895. The largest absolute Gasteiger partial charge is 0.479 e. The third kappa shape index (κ3) is 3.48. The molecule has 0 saturated carbocycles. The molecule has 8 nitrogen and oxygen atoms in total. The Balaban J connectivity index is 1.97. The number of amides is 2. The van der Waals surface area contributed by atoms with E-state index in [0.29, 0.717) is 49.5 Å². The van der Waals surface area contributed by atoms with Gasteiger partial charge < -0.3 is 15.0 Å². The van der Waals surface area contributed by atoms with Crippen LogP contribution >= 0.6 is 0 Å². The maximum Gasteiger partial charge on any atom is 0.265 e. The molecule has 2 amide bonds. The molecule has 0 radical (unpaired) electrons. The number of aryl methyl sites for hydroxylation is 1. The molecule has 2 aliphatic rings. The van der Waals surface area contributed by atoms with Crippen molar-refractivity contribution >= 4 is 27.5 Å². The Morgan fingerprint density at radius 1 is 1.32 bits per heavy atom. The van der Waals surface area contributed by atoms with E-state index in [1.54, 1.807) is 24.8 Å². The summed E-state index contributed by atoms with van der Waals surface area (Å²) in [5.41, 5.74) is 0.954. The van der Waals surface area contributed by atoms with Gasteiger partial charge in [0.25, 0.3) is 5.91 Å². The van der Waals surface area contributed by atoms with E-state index in [1.165, 1.54) is 10.4 Å². The molecule has 28 heavy (non-hydrogen) atoms. The Kier molecular flexibility index (Phi) is 5.67. The van der Waals surface area contributed by atoms with E-state index in [-0.39, 0.29) is 16.7 Å². The normalized spacial score (nSPS) is 22.4. The molecule has 3 rings (SSSR count). The number of ether oxygens (including phenoxy) is 1. The van der Waals surface area contributed by atoms with Gasteiger partial charge >= 0.3 is 0 Å². The van der Waals surface area contributed by atoms with Crippen LogP contribution in [0.15, 0.2) is 17.0 Å². The van der Waals surface area contributed by atoms with Gasteiger partial charge in [0.1, 0.15) is 11.8 Å². The second-order valence-electron chi connectivity index (χ2n) is 7.15. The summed E-state index contributed by atoms with van der Waals surface area (Å²) < 4.78 is 33.7. The minimum Gasteiger partial charge on any atom is -0.479 e. The summed E-state index contributed by atoms with van der Waals surface area (Å²) >= 11 is 0. The molecule has 1 aromatic rings. The molecular weight excluding hydrogens is 382 g/mol. The number of nitrogens with one attached hydrogen (secondary N) is 1. The van der Waals surface area contributed by atoms with Crippen LogP contribution < -0.4 is 10.1 Å².